The van der Waals surface area contributed by atoms with E-state index >= 15 is 0 Å². The van der Waals surface area contributed by atoms with Crippen LogP contribution in [0.2, 0.25) is 0 Å². The van der Waals surface area contributed by atoms with Gasteiger partial charge in [-0.15, -0.1) is 0 Å². The van der Waals surface area contributed by atoms with Crippen LogP contribution in [0, 0.1) is 5.82 Å². The number of pyridine rings is 2. The Balaban J connectivity index is 1.38. The molecule has 40 heavy (non-hydrogen) atoms. The lowest BCUT2D eigenvalue weighted by atomic mass is 9.85. The molecule has 4 N–H and O–H groups in total. The Morgan fingerprint density at radius 2 is 1.98 bits per heavy atom. The normalized spacial score (nSPS) is 17.3. The number of anilines is 2. The number of benzene rings is 1. The van der Waals surface area contributed by atoms with Gasteiger partial charge in [-0.25, -0.2) is 19.3 Å². The van der Waals surface area contributed by atoms with E-state index in [2.05, 4.69) is 24.8 Å². The number of aromatic nitrogens is 6. The third-order valence-electron chi connectivity index (χ3n) is 7.39. The van der Waals surface area contributed by atoms with Crippen LogP contribution >= 0.6 is 0 Å². The number of fused-ring (bicyclic) bond motifs is 1. The molecule has 1 aromatic carbocycles. The van der Waals surface area contributed by atoms with Crippen molar-refractivity contribution in [3.63, 3.8) is 0 Å². The van der Waals surface area contributed by atoms with E-state index in [1.54, 1.807) is 24.7 Å². The van der Waals surface area contributed by atoms with Gasteiger partial charge in [0.2, 0.25) is 0 Å². The Bertz CT molecular complexity index is 1660. The molecule has 1 aliphatic rings. The van der Waals surface area contributed by atoms with Crippen LogP contribution in [-0.4, -0.2) is 55.2 Å². The van der Waals surface area contributed by atoms with Crippen molar-refractivity contribution in [2.45, 2.75) is 31.3 Å². The monoisotopic (exact) mass is 539 g/mol. The number of hydrogen-bond donors (Lipinski definition) is 2. The van der Waals surface area contributed by atoms with Crippen molar-refractivity contribution >= 4 is 22.7 Å². The third kappa shape index (κ3) is 5.03. The average Bonchev–Trinajstić information content (AvgIpc) is 3.37. The summed E-state index contributed by atoms with van der Waals surface area (Å²) in [6.07, 6.45) is 9.30. The number of imidazole rings is 1. The van der Waals surface area contributed by atoms with Crippen LogP contribution in [0.5, 0.6) is 5.75 Å². The number of nitrogen functional groups attached to an aromatic ring is 1. The molecule has 11 heteroatoms. The molecule has 10 nitrogen and oxygen atoms in total. The minimum absolute atomic E-state index is 0.184. The highest BCUT2D eigenvalue weighted by atomic mass is 19.1. The summed E-state index contributed by atoms with van der Waals surface area (Å²) >= 11 is 0. The maximum absolute atomic E-state index is 14.6. The lowest BCUT2D eigenvalue weighted by Crippen LogP contribution is -2.56. The fraction of sp³-hybridized carbons (Fsp3) is 0.276. The third-order valence-corrected chi connectivity index (χ3v) is 7.39. The van der Waals surface area contributed by atoms with Crippen molar-refractivity contribution in [3.8, 4) is 17.0 Å². The highest BCUT2D eigenvalue weighted by Crippen LogP contribution is 2.33. The highest BCUT2D eigenvalue weighted by molar-refractivity contribution is 5.81. The number of hydrogen-bond acceptors (Lipinski definition) is 9. The summed E-state index contributed by atoms with van der Waals surface area (Å²) in [5, 5.41) is 0. The second-order valence-corrected chi connectivity index (χ2v) is 10.2. The number of piperidine rings is 1. The van der Waals surface area contributed by atoms with Gasteiger partial charge in [-0.2, -0.15) is 0 Å². The molecule has 5 aromatic rings. The molecule has 0 aliphatic carbocycles. The van der Waals surface area contributed by atoms with E-state index in [-0.39, 0.29) is 5.75 Å². The molecule has 5 heterocycles. The molecule has 1 aliphatic heterocycles. The first-order chi connectivity index (χ1) is 19.4. The Hall–Kier alpha value is -4.64. The number of nitrogens with two attached hydrogens (primary N) is 2. The van der Waals surface area contributed by atoms with E-state index in [1.807, 2.05) is 35.0 Å². The zero-order valence-electron chi connectivity index (χ0n) is 22.2. The zero-order valence-corrected chi connectivity index (χ0v) is 22.2. The van der Waals surface area contributed by atoms with Crippen LogP contribution in [-0.2, 0) is 13.0 Å². The molecule has 0 radical (unpaired) electrons. The Labute approximate surface area is 230 Å². The number of halogens is 1. The second-order valence-electron chi connectivity index (χ2n) is 10.2. The van der Waals surface area contributed by atoms with Gasteiger partial charge in [0.25, 0.3) is 0 Å². The van der Waals surface area contributed by atoms with Crippen molar-refractivity contribution in [1.82, 2.24) is 29.5 Å². The molecular formula is C29H30FN9O. The van der Waals surface area contributed by atoms with E-state index in [0.717, 1.165) is 36.3 Å². The van der Waals surface area contributed by atoms with Gasteiger partial charge in [-0.1, -0.05) is 6.07 Å². The molecule has 1 fully saturated rings. The lowest BCUT2D eigenvalue weighted by molar-refractivity contribution is 0.339. The molecule has 1 atom stereocenters. The predicted octanol–water partition coefficient (Wildman–Crippen LogP) is 3.60. The second kappa shape index (κ2) is 10.5. The van der Waals surface area contributed by atoms with E-state index in [9.17, 15) is 4.39 Å². The smallest absolute Gasteiger partial charge is 0.165 e. The van der Waals surface area contributed by atoms with Gasteiger partial charge < -0.3 is 25.7 Å². The van der Waals surface area contributed by atoms with Crippen molar-refractivity contribution in [2.75, 3.05) is 30.8 Å². The first-order valence-corrected chi connectivity index (χ1v) is 13.1. The highest BCUT2D eigenvalue weighted by Gasteiger charge is 2.33. The Kier molecular flexibility index (Phi) is 6.72. The summed E-state index contributed by atoms with van der Waals surface area (Å²) in [6, 6.07) is 12.7. The van der Waals surface area contributed by atoms with Crippen molar-refractivity contribution < 1.29 is 9.13 Å². The average molecular weight is 540 g/mol. The van der Waals surface area contributed by atoms with Crippen LogP contribution < -0.4 is 21.1 Å². The number of nitrogens with zero attached hydrogens (tertiary/aromatic N) is 7. The summed E-state index contributed by atoms with van der Waals surface area (Å²) in [6.45, 7) is 1.94. The molecule has 6 rings (SSSR count). The molecule has 0 bridgehead atoms. The zero-order chi connectivity index (χ0) is 27.7. The van der Waals surface area contributed by atoms with E-state index in [1.165, 1.54) is 19.5 Å². The minimum atomic E-state index is -0.446. The summed E-state index contributed by atoms with van der Waals surface area (Å²) in [5.74, 6) is 0.0634. The molecule has 0 unspecified atom stereocenters. The SMILES string of the molecule is COc1ccc(-c2cc(Cn3cnc4c(N)ncnc43)c(N3CCC[C@](N)(Cc4ccccn4)C3)cn2)cc1F. The summed E-state index contributed by atoms with van der Waals surface area (Å²) in [4.78, 5) is 24.4. The number of rotatable bonds is 7. The quantitative estimate of drug-likeness (QED) is 0.318. The van der Waals surface area contributed by atoms with Crippen LogP contribution in [0.1, 0.15) is 24.1 Å². The Morgan fingerprint density at radius 1 is 1.07 bits per heavy atom. The van der Waals surface area contributed by atoms with Crippen LogP contribution in [0.4, 0.5) is 15.9 Å². The molecule has 4 aromatic heterocycles. The van der Waals surface area contributed by atoms with Crippen molar-refractivity contribution in [3.05, 3.63) is 84.6 Å². The molecule has 0 saturated carbocycles. The van der Waals surface area contributed by atoms with Crippen LogP contribution in [0.25, 0.3) is 22.4 Å². The summed E-state index contributed by atoms with van der Waals surface area (Å²) in [7, 11) is 1.44. The fourth-order valence-electron chi connectivity index (χ4n) is 5.46. The molecule has 0 spiro atoms. The van der Waals surface area contributed by atoms with E-state index in [4.69, 9.17) is 21.2 Å². The predicted molar refractivity (Wildman–Crippen MR) is 151 cm³/mol. The lowest BCUT2D eigenvalue weighted by Gasteiger charge is -2.42. The van der Waals surface area contributed by atoms with Gasteiger partial charge in [-0.3, -0.25) is 9.97 Å². The van der Waals surface area contributed by atoms with Crippen LogP contribution in [0.15, 0.2) is 67.5 Å². The first-order valence-electron chi connectivity index (χ1n) is 13.1. The van der Waals surface area contributed by atoms with E-state index in [0.29, 0.717) is 47.7 Å². The van der Waals surface area contributed by atoms with E-state index < -0.39 is 11.4 Å². The number of methoxy groups -OCH3 is 1. The minimum Gasteiger partial charge on any atom is -0.494 e. The molecule has 0 amide bonds. The molecular weight excluding hydrogens is 509 g/mol. The van der Waals surface area contributed by atoms with Gasteiger partial charge >= 0.3 is 0 Å². The maximum Gasteiger partial charge on any atom is 0.165 e. The largest absolute Gasteiger partial charge is 0.494 e. The Morgan fingerprint density at radius 3 is 2.77 bits per heavy atom. The van der Waals surface area contributed by atoms with Gasteiger partial charge in [0.05, 0.1) is 37.6 Å². The molecule has 1 saturated heterocycles. The van der Waals surface area contributed by atoms with Gasteiger partial charge in [0, 0.05) is 42.5 Å². The summed E-state index contributed by atoms with van der Waals surface area (Å²) in [5.41, 5.74) is 17.9. The van der Waals surface area contributed by atoms with Crippen LogP contribution in [0.3, 0.4) is 0 Å². The van der Waals surface area contributed by atoms with Gasteiger partial charge in [0.1, 0.15) is 11.8 Å². The number of ether oxygens (including phenoxy) is 1. The fourth-order valence-corrected chi connectivity index (χ4v) is 5.46. The standard InChI is InChI=1S/C29H30FN9O/c1-40-25-7-6-19(11-22(25)30)23-12-20(15-39-18-37-26-27(31)35-17-36-28(26)39)24(14-34-23)38-10-4-8-29(32,16-38)13-21-5-2-3-9-33-21/h2-3,5-7,9,11-12,14,17-18H,4,8,10,13,15-16,32H2,1H3,(H2,31,35,36)/t29-/m0/s1. The summed E-state index contributed by atoms with van der Waals surface area (Å²) < 4.78 is 21.6. The topological polar surface area (TPSA) is 134 Å². The first kappa shape index (κ1) is 25.6. The van der Waals surface area contributed by atoms with Gasteiger partial charge in [0.15, 0.2) is 23.0 Å². The molecule has 204 valence electrons. The van der Waals surface area contributed by atoms with Crippen molar-refractivity contribution in [2.24, 2.45) is 5.73 Å². The maximum atomic E-state index is 14.6. The van der Waals surface area contributed by atoms with Crippen molar-refractivity contribution in [1.29, 1.82) is 0 Å². The van der Waals surface area contributed by atoms with Gasteiger partial charge in [-0.05, 0) is 54.8 Å².